The molecule has 3 aliphatic heterocycles. The molecule has 58 heavy (non-hydrogen) atoms. The highest BCUT2D eigenvalue weighted by Crippen LogP contribution is 2.64. The lowest BCUT2D eigenvalue weighted by Crippen LogP contribution is -2.40. The minimum Gasteiger partial charge on any atom is -0.432 e. The second kappa shape index (κ2) is 18.5. The number of phosphoric acid groups is 1. The minimum atomic E-state index is -4.87. The fraction of sp³-hybridized carbons (Fsp3) is 0.633. The van der Waals surface area contributed by atoms with Gasteiger partial charge in [0.2, 0.25) is 6.79 Å². The Hall–Kier alpha value is -3.94. The zero-order valence-electron chi connectivity index (χ0n) is 31.5. The third kappa shape index (κ3) is 10.4. The van der Waals surface area contributed by atoms with Crippen LogP contribution in [0.1, 0.15) is 46.6 Å². The lowest BCUT2D eigenvalue weighted by Gasteiger charge is -2.29. The number of hydrogen-bond acceptors (Lipinski definition) is 23. The topological polar surface area (TPSA) is 304 Å². The number of rotatable bonds is 11. The quantitative estimate of drug-likeness (QED) is 0.159. The number of nitrogens with zero attached hydrogens (tertiary/aromatic N) is 5. The Balaban J connectivity index is 1.36. The number of fused-ring (bicyclic) bond motifs is 4. The Labute approximate surface area is 332 Å². The first-order chi connectivity index (χ1) is 27.6. The SMILES string of the molecule is CO[C@@H]1[C@@H]2O[P@@](=O)(SCOC(=O)OC(C)C)OC[C@@H]3C[C@@H](OP(=O)(OCOC(=O)OC(C)C)OC[C@H]2O[C@H]1n1ccc(=O)[nH]c1=O)[C@H](n1cnc2c(N)ncnc21)O3. The van der Waals surface area contributed by atoms with E-state index in [2.05, 4.69) is 19.9 Å². The van der Waals surface area contributed by atoms with Crippen LogP contribution in [0.2, 0.25) is 0 Å². The van der Waals surface area contributed by atoms with E-state index in [1.165, 1.54) is 24.3 Å². The molecule has 3 saturated heterocycles. The Bertz CT molecular complexity index is 2150. The van der Waals surface area contributed by atoms with E-state index >= 15 is 0 Å². The molecule has 0 aromatic carbocycles. The predicted molar refractivity (Wildman–Crippen MR) is 195 cm³/mol. The number of nitrogens with two attached hydrogens (primary N) is 1. The number of aromatic amines is 1. The van der Waals surface area contributed by atoms with Crippen LogP contribution in [0, 0.1) is 0 Å². The van der Waals surface area contributed by atoms with Crippen LogP contribution in [0.25, 0.3) is 11.2 Å². The Morgan fingerprint density at radius 3 is 2.41 bits per heavy atom. The summed E-state index contributed by atoms with van der Waals surface area (Å²) < 4.78 is 99.1. The van der Waals surface area contributed by atoms with Gasteiger partial charge in [-0.1, -0.05) is 0 Å². The summed E-state index contributed by atoms with van der Waals surface area (Å²) in [5.41, 5.74) is 4.82. The summed E-state index contributed by atoms with van der Waals surface area (Å²) in [6, 6.07) is 1.05. The molecule has 25 nitrogen and oxygen atoms in total. The summed E-state index contributed by atoms with van der Waals surface area (Å²) in [6.45, 7) is -0.291. The minimum absolute atomic E-state index is 0.0570. The first kappa shape index (κ1) is 43.6. The molecule has 0 radical (unpaired) electrons. The van der Waals surface area contributed by atoms with Gasteiger partial charge in [-0.3, -0.25) is 37.0 Å². The highest BCUT2D eigenvalue weighted by atomic mass is 32.7. The number of anilines is 1. The van der Waals surface area contributed by atoms with Crippen molar-refractivity contribution in [3.8, 4) is 0 Å². The van der Waals surface area contributed by atoms with E-state index in [1.807, 2.05) is 0 Å². The molecule has 28 heteroatoms. The largest absolute Gasteiger partial charge is 0.510 e. The van der Waals surface area contributed by atoms with Crippen LogP contribution in [0.5, 0.6) is 0 Å². The number of imidazole rings is 1. The van der Waals surface area contributed by atoms with Crippen LogP contribution in [0.15, 0.2) is 34.5 Å². The Morgan fingerprint density at radius 1 is 0.966 bits per heavy atom. The summed E-state index contributed by atoms with van der Waals surface area (Å²) in [5, 5.41) is 0. The highest BCUT2D eigenvalue weighted by Gasteiger charge is 2.53. The molecule has 0 aliphatic carbocycles. The molecule has 9 atom stereocenters. The number of hydrogen-bond donors (Lipinski definition) is 2. The van der Waals surface area contributed by atoms with Gasteiger partial charge in [-0.05, 0) is 27.7 Å². The van der Waals surface area contributed by atoms with E-state index in [1.54, 1.807) is 27.7 Å². The molecule has 320 valence electrons. The molecule has 3 aromatic heterocycles. The van der Waals surface area contributed by atoms with E-state index in [-0.39, 0.29) is 23.4 Å². The standard InChI is InChI=1S/C30H41N7O18P2S/c1-15(2)50-29(40)45-13-49-56(42)47-10-19-22(23(44-5)27(53-19)36-7-6-20(38)35-28(36)39)55-57(43,58-14-46-30(41)51-16(3)4)48-9-17-8-18(54-56)26(52-17)37-12-34-21-24(31)32-11-33-25(21)37/h6-7,11-12,15-19,22-23,26-27H,8-10,13-14H2,1-5H3,(H2,31,32,33)(H,35,38,39)/t17-,18+,19+,22+,23+,26+,27+,56?,57-/m0/s1. The van der Waals surface area contributed by atoms with Crippen LogP contribution in [0.3, 0.4) is 0 Å². The number of nitrogen functional groups attached to an aromatic ring is 1. The van der Waals surface area contributed by atoms with E-state index < -0.39 is 119 Å². The molecule has 2 bridgehead atoms. The van der Waals surface area contributed by atoms with Gasteiger partial charge >= 0.3 is 32.6 Å². The maximum absolute atomic E-state index is 14.7. The molecule has 6 rings (SSSR count). The number of carbonyl (C=O) groups is 2. The molecule has 0 amide bonds. The summed E-state index contributed by atoms with van der Waals surface area (Å²) in [4.78, 5) is 63.7. The van der Waals surface area contributed by atoms with Gasteiger partial charge in [0.25, 0.3) is 5.56 Å². The molecule has 3 fully saturated rings. The third-order valence-corrected chi connectivity index (χ3v) is 13.0. The van der Waals surface area contributed by atoms with Gasteiger partial charge in [0.05, 0.1) is 37.9 Å². The fourth-order valence-electron chi connectivity index (χ4n) is 5.87. The number of ether oxygens (including phenoxy) is 7. The van der Waals surface area contributed by atoms with E-state index in [9.17, 15) is 28.3 Å². The van der Waals surface area contributed by atoms with E-state index in [0.717, 1.165) is 16.8 Å². The van der Waals surface area contributed by atoms with Gasteiger partial charge in [0, 0.05) is 37.2 Å². The van der Waals surface area contributed by atoms with Crippen molar-refractivity contribution < 1.29 is 74.5 Å². The average Bonchev–Trinajstić information content (AvgIpc) is 3.84. The van der Waals surface area contributed by atoms with Gasteiger partial charge < -0.3 is 38.9 Å². The summed E-state index contributed by atoms with van der Waals surface area (Å²) >= 11 is 0.468. The van der Waals surface area contributed by atoms with Crippen molar-refractivity contribution in [2.24, 2.45) is 0 Å². The first-order valence-corrected chi connectivity index (χ1v) is 22.1. The average molecular weight is 882 g/mol. The molecule has 1 unspecified atom stereocenters. The van der Waals surface area contributed by atoms with Crippen molar-refractivity contribution in [2.45, 2.75) is 89.3 Å². The Morgan fingerprint density at radius 2 is 1.71 bits per heavy atom. The van der Waals surface area contributed by atoms with Crippen molar-refractivity contribution in [3.63, 3.8) is 0 Å². The molecule has 3 aromatic rings. The van der Waals surface area contributed by atoms with Gasteiger partial charge in [0.1, 0.15) is 36.3 Å². The van der Waals surface area contributed by atoms with Crippen molar-refractivity contribution in [1.29, 1.82) is 0 Å². The monoisotopic (exact) mass is 881 g/mol. The van der Waals surface area contributed by atoms with Crippen LogP contribution < -0.4 is 17.0 Å². The first-order valence-electron chi connectivity index (χ1n) is 17.5. The zero-order chi connectivity index (χ0) is 41.8. The number of H-pyrrole nitrogens is 1. The van der Waals surface area contributed by atoms with Gasteiger partial charge in [-0.15, -0.1) is 0 Å². The van der Waals surface area contributed by atoms with Crippen molar-refractivity contribution in [3.05, 3.63) is 45.8 Å². The maximum Gasteiger partial charge on any atom is 0.510 e. The lowest BCUT2D eigenvalue weighted by molar-refractivity contribution is -0.0766. The smallest absolute Gasteiger partial charge is 0.432 e. The van der Waals surface area contributed by atoms with Crippen LogP contribution >= 0.6 is 26.0 Å². The molecular formula is C30H41N7O18P2S. The number of carbonyl (C=O) groups excluding carboxylic acids is 2. The fourth-order valence-corrected chi connectivity index (χ4v) is 9.91. The van der Waals surface area contributed by atoms with Gasteiger partial charge in [-0.25, -0.2) is 43.0 Å². The van der Waals surface area contributed by atoms with Crippen LogP contribution in [-0.2, 0) is 64.9 Å². The molecule has 0 spiro atoms. The zero-order valence-corrected chi connectivity index (χ0v) is 34.1. The summed E-state index contributed by atoms with van der Waals surface area (Å²) in [7, 11) is -3.62. The van der Waals surface area contributed by atoms with Gasteiger partial charge in [-0.2, -0.15) is 0 Å². The van der Waals surface area contributed by atoms with Crippen LogP contribution in [0.4, 0.5) is 15.4 Å². The number of nitrogens with one attached hydrogen (secondary N) is 1. The maximum atomic E-state index is 14.7. The second-order valence-corrected chi connectivity index (χ2v) is 18.7. The second-order valence-electron chi connectivity index (χ2n) is 13.1. The Kier molecular flexibility index (Phi) is 14.0. The van der Waals surface area contributed by atoms with Crippen LogP contribution in [-0.4, -0.2) is 117 Å². The molecule has 3 aliphatic rings. The summed E-state index contributed by atoms with van der Waals surface area (Å²) in [5.74, 6) is -0.524. The summed E-state index contributed by atoms with van der Waals surface area (Å²) in [6.07, 6.45) is -8.65. The van der Waals surface area contributed by atoms with E-state index in [4.69, 9.17) is 61.5 Å². The molecular weight excluding hydrogens is 840 g/mol. The normalized spacial score (nSPS) is 30.3. The molecule has 0 saturated carbocycles. The van der Waals surface area contributed by atoms with Crippen molar-refractivity contribution in [1.82, 2.24) is 29.1 Å². The number of methoxy groups -OCH3 is 1. The number of aromatic nitrogens is 6. The predicted octanol–water partition coefficient (Wildman–Crippen LogP) is 2.98. The highest BCUT2D eigenvalue weighted by molar-refractivity contribution is 8.55. The van der Waals surface area contributed by atoms with Crippen molar-refractivity contribution in [2.75, 3.05) is 38.8 Å². The molecule has 3 N–H and O–H groups in total. The number of phosphoric ester groups is 1. The van der Waals surface area contributed by atoms with E-state index in [0.29, 0.717) is 11.4 Å². The third-order valence-electron chi connectivity index (χ3n) is 8.26. The molecule has 6 heterocycles. The lowest BCUT2D eigenvalue weighted by atomic mass is 10.1. The van der Waals surface area contributed by atoms with Gasteiger partial charge in [0.15, 0.2) is 29.9 Å². The van der Waals surface area contributed by atoms with Crippen molar-refractivity contribution >= 4 is 55.3 Å².